The molecule has 0 aliphatic heterocycles. The van der Waals surface area contributed by atoms with Crippen LogP contribution < -0.4 is 10.0 Å². The van der Waals surface area contributed by atoms with E-state index in [0.29, 0.717) is 13.1 Å². The molecule has 0 fully saturated rings. The number of hydrogen-bond acceptors (Lipinski definition) is 4. The van der Waals surface area contributed by atoms with Gasteiger partial charge in [-0.3, -0.25) is 0 Å². The largest absolute Gasteiger partial charge is 0.319 e. The van der Waals surface area contributed by atoms with Gasteiger partial charge in [0.05, 0.1) is 5.75 Å². The van der Waals surface area contributed by atoms with Crippen LogP contribution in [0, 0.1) is 0 Å². The summed E-state index contributed by atoms with van der Waals surface area (Å²) in [6, 6.07) is 2.01. The zero-order chi connectivity index (χ0) is 11.1. The van der Waals surface area contributed by atoms with E-state index in [2.05, 4.69) is 10.0 Å². The predicted molar refractivity (Wildman–Crippen MR) is 63.7 cm³/mol. The average Bonchev–Trinajstić information content (AvgIpc) is 2.67. The van der Waals surface area contributed by atoms with E-state index in [0.717, 1.165) is 6.42 Å². The lowest BCUT2D eigenvalue weighted by Crippen LogP contribution is -2.32. The Kier molecular flexibility index (Phi) is 5.24. The van der Waals surface area contributed by atoms with Gasteiger partial charge >= 0.3 is 0 Å². The van der Waals surface area contributed by atoms with Crippen LogP contribution in [0.15, 0.2) is 16.8 Å². The summed E-state index contributed by atoms with van der Waals surface area (Å²) in [5, 5.41) is 6.83. The van der Waals surface area contributed by atoms with Crippen molar-refractivity contribution in [2.45, 2.75) is 6.42 Å². The van der Waals surface area contributed by atoms with Gasteiger partial charge in [0.25, 0.3) is 0 Å². The van der Waals surface area contributed by atoms with Gasteiger partial charge in [0, 0.05) is 13.1 Å². The Morgan fingerprint density at radius 2 is 2.20 bits per heavy atom. The topological polar surface area (TPSA) is 58.2 Å². The van der Waals surface area contributed by atoms with Crippen LogP contribution in [0.2, 0.25) is 0 Å². The summed E-state index contributed by atoms with van der Waals surface area (Å²) in [6.07, 6.45) is 0.752. The summed E-state index contributed by atoms with van der Waals surface area (Å²) >= 11 is 1.62. The number of sulfonamides is 1. The van der Waals surface area contributed by atoms with Gasteiger partial charge < -0.3 is 5.32 Å². The first-order valence-corrected chi connectivity index (χ1v) is 7.36. The van der Waals surface area contributed by atoms with Crippen LogP contribution in [0.4, 0.5) is 0 Å². The van der Waals surface area contributed by atoms with Crippen molar-refractivity contribution < 1.29 is 8.42 Å². The molecular formula is C9H16N2O2S2. The maximum atomic E-state index is 11.4. The van der Waals surface area contributed by atoms with Gasteiger partial charge in [0.15, 0.2) is 0 Å². The van der Waals surface area contributed by atoms with Crippen molar-refractivity contribution >= 4 is 21.4 Å². The Morgan fingerprint density at radius 1 is 1.40 bits per heavy atom. The van der Waals surface area contributed by atoms with Gasteiger partial charge in [-0.05, 0) is 35.9 Å². The maximum absolute atomic E-state index is 11.4. The fourth-order valence-electron chi connectivity index (χ4n) is 1.09. The molecule has 0 saturated carbocycles. The summed E-state index contributed by atoms with van der Waals surface area (Å²) in [6.45, 7) is 0.955. The minimum atomic E-state index is -3.11. The Labute approximate surface area is 94.8 Å². The highest BCUT2D eigenvalue weighted by molar-refractivity contribution is 7.89. The molecule has 15 heavy (non-hydrogen) atoms. The second-order valence-electron chi connectivity index (χ2n) is 3.20. The summed E-state index contributed by atoms with van der Waals surface area (Å²) < 4.78 is 25.3. The molecule has 0 spiro atoms. The van der Waals surface area contributed by atoms with Crippen molar-refractivity contribution in [3.05, 3.63) is 22.4 Å². The molecule has 6 heteroatoms. The Morgan fingerprint density at radius 3 is 2.80 bits per heavy atom. The van der Waals surface area contributed by atoms with Crippen molar-refractivity contribution in [1.82, 2.24) is 10.0 Å². The zero-order valence-corrected chi connectivity index (χ0v) is 10.3. The van der Waals surface area contributed by atoms with Crippen LogP contribution in [0.5, 0.6) is 0 Å². The molecule has 0 atom stereocenters. The van der Waals surface area contributed by atoms with Gasteiger partial charge in [-0.15, -0.1) is 0 Å². The van der Waals surface area contributed by atoms with Gasteiger partial charge in [0.2, 0.25) is 10.0 Å². The van der Waals surface area contributed by atoms with Crippen LogP contribution in [0.25, 0.3) is 0 Å². The number of thiophene rings is 1. The molecule has 86 valence electrons. The van der Waals surface area contributed by atoms with E-state index in [1.807, 2.05) is 16.8 Å². The lowest BCUT2D eigenvalue weighted by Gasteiger charge is -2.05. The van der Waals surface area contributed by atoms with Crippen LogP contribution >= 0.6 is 11.3 Å². The Hall–Kier alpha value is -0.430. The van der Waals surface area contributed by atoms with Crippen LogP contribution in [-0.2, 0) is 16.4 Å². The van der Waals surface area contributed by atoms with E-state index in [-0.39, 0.29) is 5.75 Å². The first-order chi connectivity index (χ1) is 7.14. The SMILES string of the molecule is CNCCS(=O)(=O)NCCc1ccsc1. The molecule has 1 rings (SSSR count). The quantitative estimate of drug-likeness (QED) is 0.736. The van der Waals surface area contributed by atoms with E-state index < -0.39 is 10.0 Å². The Balaban J connectivity index is 2.24. The van der Waals surface area contributed by atoms with Gasteiger partial charge in [-0.2, -0.15) is 11.3 Å². The van der Waals surface area contributed by atoms with E-state index in [4.69, 9.17) is 0 Å². The summed E-state index contributed by atoms with van der Waals surface area (Å²) in [4.78, 5) is 0. The average molecular weight is 248 g/mol. The number of hydrogen-bond donors (Lipinski definition) is 2. The third-order valence-corrected chi connectivity index (χ3v) is 4.05. The van der Waals surface area contributed by atoms with Crippen molar-refractivity contribution in [1.29, 1.82) is 0 Å². The highest BCUT2D eigenvalue weighted by Gasteiger charge is 2.07. The van der Waals surface area contributed by atoms with Crippen molar-refractivity contribution in [2.75, 3.05) is 25.9 Å². The fourth-order valence-corrected chi connectivity index (χ4v) is 2.83. The van der Waals surface area contributed by atoms with E-state index in [1.54, 1.807) is 18.4 Å². The van der Waals surface area contributed by atoms with E-state index in [1.165, 1.54) is 5.56 Å². The minimum absolute atomic E-state index is 0.132. The standard InChI is InChI=1S/C9H16N2O2S2/c1-10-5-7-15(12,13)11-4-2-9-3-6-14-8-9/h3,6,8,10-11H,2,4-5,7H2,1H3. The Bertz CT molecular complexity index is 359. The van der Waals surface area contributed by atoms with Crippen LogP contribution in [-0.4, -0.2) is 34.3 Å². The van der Waals surface area contributed by atoms with E-state index in [9.17, 15) is 8.42 Å². The smallest absolute Gasteiger partial charge is 0.212 e. The number of rotatable bonds is 7. The highest BCUT2D eigenvalue weighted by atomic mass is 32.2. The first-order valence-electron chi connectivity index (χ1n) is 4.77. The minimum Gasteiger partial charge on any atom is -0.319 e. The normalized spacial score (nSPS) is 11.8. The molecule has 0 aliphatic rings. The second kappa shape index (κ2) is 6.22. The molecular weight excluding hydrogens is 232 g/mol. The van der Waals surface area contributed by atoms with Crippen LogP contribution in [0.3, 0.4) is 0 Å². The lowest BCUT2D eigenvalue weighted by molar-refractivity contribution is 0.579. The zero-order valence-electron chi connectivity index (χ0n) is 8.69. The molecule has 0 unspecified atom stereocenters. The summed E-state index contributed by atoms with van der Waals surface area (Å²) in [5.41, 5.74) is 1.18. The molecule has 2 N–H and O–H groups in total. The first kappa shape index (κ1) is 12.6. The van der Waals surface area contributed by atoms with Gasteiger partial charge in [0.1, 0.15) is 0 Å². The molecule has 1 aromatic rings. The van der Waals surface area contributed by atoms with Crippen molar-refractivity contribution in [2.24, 2.45) is 0 Å². The third-order valence-electron chi connectivity index (χ3n) is 1.94. The highest BCUT2D eigenvalue weighted by Crippen LogP contribution is 2.05. The molecule has 0 bridgehead atoms. The summed E-state index contributed by atoms with van der Waals surface area (Å²) in [7, 11) is -1.37. The summed E-state index contributed by atoms with van der Waals surface area (Å²) in [5.74, 6) is 0.132. The molecule has 1 aromatic heterocycles. The third kappa shape index (κ3) is 5.27. The van der Waals surface area contributed by atoms with Crippen molar-refractivity contribution in [3.8, 4) is 0 Å². The maximum Gasteiger partial charge on any atom is 0.212 e. The molecule has 0 radical (unpaired) electrons. The molecule has 0 aliphatic carbocycles. The predicted octanol–water partition coefficient (Wildman–Crippen LogP) is 0.429. The molecule has 0 saturated heterocycles. The van der Waals surface area contributed by atoms with Gasteiger partial charge in [-0.1, -0.05) is 0 Å². The fraction of sp³-hybridized carbons (Fsp3) is 0.556. The monoisotopic (exact) mass is 248 g/mol. The second-order valence-corrected chi connectivity index (χ2v) is 5.90. The van der Waals surface area contributed by atoms with Crippen LogP contribution in [0.1, 0.15) is 5.56 Å². The molecule has 4 nitrogen and oxygen atoms in total. The molecule has 0 amide bonds. The van der Waals surface area contributed by atoms with E-state index >= 15 is 0 Å². The molecule has 1 heterocycles. The van der Waals surface area contributed by atoms with Gasteiger partial charge in [-0.25, -0.2) is 13.1 Å². The van der Waals surface area contributed by atoms with Crippen molar-refractivity contribution in [3.63, 3.8) is 0 Å². The lowest BCUT2D eigenvalue weighted by atomic mass is 10.2. The number of nitrogens with one attached hydrogen (secondary N) is 2. The molecule has 0 aromatic carbocycles.